The second-order valence-electron chi connectivity index (χ2n) is 7.65. The van der Waals surface area contributed by atoms with E-state index in [1.54, 1.807) is 6.92 Å². The van der Waals surface area contributed by atoms with Gasteiger partial charge in [0.15, 0.2) is 0 Å². The molecule has 0 aliphatic carbocycles. The molecule has 34 heavy (non-hydrogen) atoms. The molecule has 0 heterocycles. The van der Waals surface area contributed by atoms with Gasteiger partial charge in [-0.3, -0.25) is 0 Å². The summed E-state index contributed by atoms with van der Waals surface area (Å²) in [6.07, 6.45) is -9.27. The molecule has 1 aromatic carbocycles. The number of rotatable bonds is 11. The highest BCUT2D eigenvalue weighted by Gasteiger charge is 2.90. The Morgan fingerprint density at radius 3 is 1.68 bits per heavy atom. The number of para-hydroxylation sites is 1. The molecule has 0 fully saturated rings. The van der Waals surface area contributed by atoms with Crippen molar-refractivity contribution in [2.45, 2.75) is 74.5 Å². The monoisotopic (exact) mass is 526 g/mol. The molecule has 0 radical (unpaired) electrons. The van der Waals surface area contributed by atoms with E-state index >= 15 is 0 Å². The van der Waals surface area contributed by atoms with Gasteiger partial charge in [-0.15, -0.1) is 0 Å². The maximum absolute atomic E-state index is 14.2. The van der Waals surface area contributed by atoms with Gasteiger partial charge in [0.2, 0.25) is 0 Å². The molecule has 0 aliphatic rings. The third-order valence-electron chi connectivity index (χ3n) is 4.79. The van der Waals surface area contributed by atoms with E-state index in [1.165, 1.54) is 6.07 Å². The van der Waals surface area contributed by atoms with Gasteiger partial charge in [0, 0.05) is 5.56 Å². The molecular weight excluding hydrogens is 507 g/mol. The topological polar surface area (TPSA) is 29.5 Å². The Morgan fingerprint density at radius 2 is 1.21 bits per heavy atom. The normalized spacial score (nSPS) is 16.4. The van der Waals surface area contributed by atoms with Crippen molar-refractivity contribution in [1.29, 1.82) is 0 Å². The van der Waals surface area contributed by atoms with E-state index in [4.69, 9.17) is 4.74 Å². The summed E-state index contributed by atoms with van der Waals surface area (Å²) in [6, 6.07) is 4.25. The Kier molecular flexibility index (Phi) is 8.20. The fourth-order valence-corrected chi connectivity index (χ4v) is 2.80. The van der Waals surface area contributed by atoms with E-state index in [-0.39, 0.29) is 12.4 Å². The summed E-state index contributed by atoms with van der Waals surface area (Å²) in [7, 11) is 0. The number of ether oxygens (including phenoxy) is 1. The predicted octanol–water partition coefficient (Wildman–Crippen LogP) is 7.20. The molecular formula is C19H19F13O2. The van der Waals surface area contributed by atoms with Crippen LogP contribution in [0.25, 0.3) is 0 Å². The molecule has 1 unspecified atom stereocenters. The summed E-state index contributed by atoms with van der Waals surface area (Å²) in [5.74, 6) is -38.0. The molecule has 1 rings (SSSR count). The molecule has 0 aliphatic heterocycles. The van der Waals surface area contributed by atoms with Gasteiger partial charge in [-0.25, -0.2) is 0 Å². The molecule has 0 aromatic heterocycles. The number of halogens is 13. The Morgan fingerprint density at radius 1 is 0.735 bits per heavy atom. The highest BCUT2D eigenvalue weighted by Crippen LogP contribution is 2.61. The number of hydrogen-bond donors (Lipinski definition) is 1. The van der Waals surface area contributed by atoms with Gasteiger partial charge in [-0.1, -0.05) is 31.5 Å². The minimum absolute atomic E-state index is 0.0625. The van der Waals surface area contributed by atoms with Crippen LogP contribution in [-0.4, -0.2) is 47.5 Å². The Balaban J connectivity index is 3.43. The maximum Gasteiger partial charge on any atom is 0.460 e. The first kappa shape index (κ1) is 30.1. The summed E-state index contributed by atoms with van der Waals surface area (Å²) in [6.45, 7) is 2.05. The lowest BCUT2D eigenvalue weighted by Crippen LogP contribution is -2.70. The molecule has 1 aromatic rings. The largest absolute Gasteiger partial charge is 0.493 e. The Hall–Kier alpha value is -1.93. The molecule has 0 saturated heterocycles. The third-order valence-corrected chi connectivity index (χ3v) is 4.79. The molecule has 2 nitrogen and oxygen atoms in total. The lowest BCUT2D eigenvalue weighted by atomic mass is 9.84. The minimum Gasteiger partial charge on any atom is -0.493 e. The van der Waals surface area contributed by atoms with Crippen molar-refractivity contribution < 1.29 is 66.9 Å². The second-order valence-corrected chi connectivity index (χ2v) is 7.65. The molecule has 0 saturated carbocycles. The van der Waals surface area contributed by atoms with Gasteiger partial charge in [-0.05, 0) is 19.4 Å². The highest BCUT2D eigenvalue weighted by atomic mass is 19.4. The maximum atomic E-state index is 14.2. The first-order valence-corrected chi connectivity index (χ1v) is 9.41. The van der Waals surface area contributed by atoms with E-state index in [9.17, 15) is 62.2 Å². The average molecular weight is 526 g/mol. The van der Waals surface area contributed by atoms with Gasteiger partial charge in [0.1, 0.15) is 5.75 Å². The van der Waals surface area contributed by atoms with Crippen molar-refractivity contribution in [2.24, 2.45) is 0 Å². The second kappa shape index (κ2) is 9.26. The zero-order chi connectivity index (χ0) is 27.0. The van der Waals surface area contributed by atoms with Crippen LogP contribution in [0.4, 0.5) is 57.1 Å². The average Bonchev–Trinajstić information content (AvgIpc) is 2.66. The van der Waals surface area contributed by atoms with Crippen molar-refractivity contribution in [2.75, 3.05) is 6.61 Å². The van der Waals surface area contributed by atoms with Crippen LogP contribution in [0, 0.1) is 0 Å². The summed E-state index contributed by atoms with van der Waals surface area (Å²) in [5, 5.41) is 10.3. The van der Waals surface area contributed by atoms with Gasteiger partial charge in [0.25, 0.3) is 0 Å². The van der Waals surface area contributed by atoms with Crippen molar-refractivity contribution in [3.05, 3.63) is 29.8 Å². The predicted molar refractivity (Wildman–Crippen MR) is 91.8 cm³/mol. The summed E-state index contributed by atoms with van der Waals surface area (Å²) < 4.78 is 178. The van der Waals surface area contributed by atoms with Crippen molar-refractivity contribution in [3.8, 4) is 5.75 Å². The summed E-state index contributed by atoms with van der Waals surface area (Å²) >= 11 is 0. The molecule has 15 heteroatoms. The lowest BCUT2D eigenvalue weighted by molar-refractivity contribution is -0.441. The molecule has 1 atom stereocenters. The van der Waals surface area contributed by atoms with Crippen LogP contribution in [0.5, 0.6) is 5.75 Å². The fourth-order valence-electron chi connectivity index (χ4n) is 2.80. The van der Waals surface area contributed by atoms with Crippen LogP contribution in [0.3, 0.4) is 0 Å². The molecule has 0 spiro atoms. The summed E-state index contributed by atoms with van der Waals surface area (Å²) in [4.78, 5) is 0. The van der Waals surface area contributed by atoms with Crippen LogP contribution in [-0.2, 0) is 5.60 Å². The van der Waals surface area contributed by atoms with Crippen LogP contribution in [0.15, 0.2) is 24.3 Å². The highest BCUT2D eigenvalue weighted by molar-refractivity contribution is 5.38. The number of hydrogen-bond acceptors (Lipinski definition) is 2. The van der Waals surface area contributed by atoms with Crippen molar-refractivity contribution in [1.82, 2.24) is 0 Å². The fraction of sp³-hybridized carbons (Fsp3) is 0.684. The SMILES string of the molecule is CCCCOc1ccccc1C(C)(O)CC(F)(F)C(F)(F)C(F)(F)C(F)(F)C(F)(F)C(F)(F)F. The third kappa shape index (κ3) is 5.03. The van der Waals surface area contributed by atoms with E-state index in [2.05, 4.69) is 0 Å². The number of benzene rings is 1. The molecule has 1 N–H and O–H groups in total. The lowest BCUT2D eigenvalue weighted by Gasteiger charge is -2.41. The molecule has 198 valence electrons. The first-order chi connectivity index (χ1) is 15.0. The minimum atomic E-state index is -7.99. The van der Waals surface area contributed by atoms with E-state index in [0.717, 1.165) is 18.2 Å². The van der Waals surface area contributed by atoms with Crippen LogP contribution in [0.2, 0.25) is 0 Å². The van der Waals surface area contributed by atoms with Gasteiger partial charge in [0.05, 0.1) is 18.6 Å². The van der Waals surface area contributed by atoms with Gasteiger partial charge < -0.3 is 9.84 Å². The van der Waals surface area contributed by atoms with Crippen molar-refractivity contribution >= 4 is 0 Å². The molecule has 0 amide bonds. The first-order valence-electron chi connectivity index (χ1n) is 9.41. The van der Waals surface area contributed by atoms with Crippen LogP contribution >= 0.6 is 0 Å². The van der Waals surface area contributed by atoms with Gasteiger partial charge in [-0.2, -0.15) is 57.1 Å². The standard InChI is InChI=1S/C19H19F13O2/c1-3-4-9-34-12-8-6-5-7-11(12)13(2,33)10-14(20,21)15(22,23)16(24,25)17(26,27)18(28,29)19(30,31)32/h5-8,33H,3-4,9-10H2,1-2H3. The smallest absolute Gasteiger partial charge is 0.460 e. The van der Waals surface area contributed by atoms with Crippen LogP contribution in [0.1, 0.15) is 38.7 Å². The van der Waals surface area contributed by atoms with E-state index < -0.39 is 53.4 Å². The Bertz CT molecular complexity index is 832. The number of aliphatic hydroxyl groups is 1. The Labute approximate surface area is 184 Å². The van der Waals surface area contributed by atoms with E-state index in [1.807, 2.05) is 0 Å². The number of alkyl halides is 13. The summed E-state index contributed by atoms with van der Waals surface area (Å²) in [5.41, 5.74) is -3.90. The van der Waals surface area contributed by atoms with Crippen LogP contribution < -0.4 is 4.74 Å². The van der Waals surface area contributed by atoms with Crippen molar-refractivity contribution in [3.63, 3.8) is 0 Å². The van der Waals surface area contributed by atoms with E-state index in [0.29, 0.717) is 19.8 Å². The number of unbranched alkanes of at least 4 members (excludes halogenated alkanes) is 1. The zero-order valence-electron chi connectivity index (χ0n) is 17.4. The van der Waals surface area contributed by atoms with Gasteiger partial charge >= 0.3 is 35.8 Å². The quantitative estimate of drug-likeness (QED) is 0.244. The zero-order valence-corrected chi connectivity index (χ0v) is 17.4. The molecule has 0 bridgehead atoms.